The van der Waals surface area contributed by atoms with Gasteiger partial charge in [0, 0.05) is 45.5 Å². The summed E-state index contributed by atoms with van der Waals surface area (Å²) < 4.78 is 7.18. The zero-order valence-electron chi connectivity index (χ0n) is 10.7. The van der Waals surface area contributed by atoms with Gasteiger partial charge in [0.25, 0.3) is 0 Å². The summed E-state index contributed by atoms with van der Waals surface area (Å²) in [5, 5.41) is 7.85. The topological polar surface area (TPSA) is 42.3 Å². The molecule has 1 saturated heterocycles. The van der Waals surface area contributed by atoms with Gasteiger partial charge in [-0.25, -0.2) is 0 Å². The van der Waals surface area contributed by atoms with Gasteiger partial charge in [-0.1, -0.05) is 0 Å². The van der Waals surface area contributed by atoms with Crippen molar-refractivity contribution in [1.29, 1.82) is 0 Å². The zero-order chi connectivity index (χ0) is 12.1. The minimum Gasteiger partial charge on any atom is -0.379 e. The maximum atomic E-state index is 5.34. The van der Waals surface area contributed by atoms with E-state index in [9.17, 15) is 0 Å². The normalized spacial score (nSPS) is 19.4. The predicted octanol–water partition coefficient (Wildman–Crippen LogP) is 0.230. The largest absolute Gasteiger partial charge is 0.379 e. The van der Waals surface area contributed by atoms with Crippen LogP contribution < -0.4 is 5.32 Å². The van der Waals surface area contributed by atoms with Crippen molar-refractivity contribution in [2.75, 3.05) is 32.8 Å². The minimum absolute atomic E-state index is 0.482. The molecule has 0 amide bonds. The molecule has 0 spiro atoms. The molecule has 0 aromatic carbocycles. The Bertz CT molecular complexity index is 333. The third-order valence-electron chi connectivity index (χ3n) is 3.04. The SMILES string of the molecule is CC(CN1CCOCC1)NCc1ccn(C)n1. The van der Waals surface area contributed by atoms with Crippen molar-refractivity contribution in [1.82, 2.24) is 20.0 Å². The quantitative estimate of drug-likeness (QED) is 0.797. The molecule has 2 heterocycles. The van der Waals surface area contributed by atoms with E-state index in [0.717, 1.165) is 45.1 Å². The van der Waals surface area contributed by atoms with Crippen LogP contribution in [0.4, 0.5) is 0 Å². The summed E-state index contributed by atoms with van der Waals surface area (Å²) in [6.45, 7) is 7.98. The molecule has 0 aliphatic carbocycles. The van der Waals surface area contributed by atoms with Crippen LogP contribution in [-0.2, 0) is 18.3 Å². The maximum absolute atomic E-state index is 5.34. The molecule has 96 valence electrons. The van der Waals surface area contributed by atoms with Gasteiger partial charge in [0.15, 0.2) is 0 Å². The van der Waals surface area contributed by atoms with Crippen molar-refractivity contribution in [2.24, 2.45) is 7.05 Å². The highest BCUT2D eigenvalue weighted by molar-refractivity contribution is 4.98. The lowest BCUT2D eigenvalue weighted by Gasteiger charge is -2.29. The molecule has 0 bridgehead atoms. The molecule has 5 nitrogen and oxygen atoms in total. The Morgan fingerprint density at radius 1 is 1.47 bits per heavy atom. The molecule has 1 N–H and O–H groups in total. The van der Waals surface area contributed by atoms with Gasteiger partial charge in [0.05, 0.1) is 18.9 Å². The minimum atomic E-state index is 0.482. The van der Waals surface area contributed by atoms with Crippen LogP contribution in [0, 0.1) is 0 Å². The smallest absolute Gasteiger partial charge is 0.0762 e. The van der Waals surface area contributed by atoms with Gasteiger partial charge in [-0.3, -0.25) is 9.58 Å². The number of ether oxygens (including phenoxy) is 1. The van der Waals surface area contributed by atoms with E-state index in [-0.39, 0.29) is 0 Å². The fourth-order valence-corrected chi connectivity index (χ4v) is 2.07. The van der Waals surface area contributed by atoms with Crippen LogP contribution in [-0.4, -0.2) is 53.6 Å². The van der Waals surface area contributed by atoms with Crippen molar-refractivity contribution in [2.45, 2.75) is 19.5 Å². The molecule has 17 heavy (non-hydrogen) atoms. The second-order valence-electron chi connectivity index (χ2n) is 4.68. The Morgan fingerprint density at radius 2 is 2.24 bits per heavy atom. The molecule has 1 aromatic rings. The van der Waals surface area contributed by atoms with Gasteiger partial charge in [0.1, 0.15) is 0 Å². The van der Waals surface area contributed by atoms with E-state index in [1.807, 2.05) is 17.9 Å². The Hall–Kier alpha value is -0.910. The molecule has 0 radical (unpaired) electrons. The van der Waals surface area contributed by atoms with Crippen molar-refractivity contribution >= 4 is 0 Å². The Morgan fingerprint density at radius 3 is 2.88 bits per heavy atom. The highest BCUT2D eigenvalue weighted by Crippen LogP contribution is 2.00. The highest BCUT2D eigenvalue weighted by atomic mass is 16.5. The van der Waals surface area contributed by atoms with Crippen LogP contribution >= 0.6 is 0 Å². The molecule has 1 aromatic heterocycles. The Kier molecular flexibility index (Phi) is 4.53. The number of nitrogens with zero attached hydrogens (tertiary/aromatic N) is 3. The van der Waals surface area contributed by atoms with E-state index in [4.69, 9.17) is 4.74 Å². The van der Waals surface area contributed by atoms with E-state index >= 15 is 0 Å². The maximum Gasteiger partial charge on any atom is 0.0762 e. The first-order chi connectivity index (χ1) is 8.24. The molecule has 1 atom stereocenters. The van der Waals surface area contributed by atoms with Gasteiger partial charge < -0.3 is 10.1 Å². The van der Waals surface area contributed by atoms with Crippen molar-refractivity contribution in [3.8, 4) is 0 Å². The first-order valence-corrected chi connectivity index (χ1v) is 6.26. The van der Waals surface area contributed by atoms with E-state index in [2.05, 4.69) is 28.3 Å². The van der Waals surface area contributed by atoms with Crippen molar-refractivity contribution in [3.05, 3.63) is 18.0 Å². The molecular weight excluding hydrogens is 216 g/mol. The lowest BCUT2D eigenvalue weighted by Crippen LogP contribution is -2.44. The van der Waals surface area contributed by atoms with Crippen LogP contribution in [0.5, 0.6) is 0 Å². The van der Waals surface area contributed by atoms with Crippen LogP contribution in [0.2, 0.25) is 0 Å². The van der Waals surface area contributed by atoms with E-state index in [0.29, 0.717) is 6.04 Å². The van der Waals surface area contributed by atoms with Gasteiger partial charge >= 0.3 is 0 Å². The summed E-state index contributed by atoms with van der Waals surface area (Å²) >= 11 is 0. The van der Waals surface area contributed by atoms with E-state index in [1.165, 1.54) is 0 Å². The third-order valence-corrected chi connectivity index (χ3v) is 3.04. The first-order valence-electron chi connectivity index (χ1n) is 6.26. The van der Waals surface area contributed by atoms with E-state index in [1.54, 1.807) is 0 Å². The molecule has 1 fully saturated rings. The van der Waals surface area contributed by atoms with Crippen LogP contribution in [0.25, 0.3) is 0 Å². The number of hydrogen-bond donors (Lipinski definition) is 1. The van der Waals surface area contributed by atoms with Crippen molar-refractivity contribution in [3.63, 3.8) is 0 Å². The number of aryl methyl sites for hydroxylation is 1. The second kappa shape index (κ2) is 6.14. The molecule has 1 unspecified atom stereocenters. The fraction of sp³-hybridized carbons (Fsp3) is 0.750. The number of rotatable bonds is 5. The highest BCUT2D eigenvalue weighted by Gasteiger charge is 2.13. The number of aromatic nitrogens is 2. The van der Waals surface area contributed by atoms with E-state index < -0.39 is 0 Å². The van der Waals surface area contributed by atoms with Crippen molar-refractivity contribution < 1.29 is 4.74 Å². The molecule has 5 heteroatoms. The van der Waals surface area contributed by atoms with Crippen LogP contribution in [0.15, 0.2) is 12.3 Å². The first kappa shape index (κ1) is 12.5. The monoisotopic (exact) mass is 238 g/mol. The van der Waals surface area contributed by atoms with Gasteiger partial charge in [-0.05, 0) is 13.0 Å². The molecule has 0 saturated carbocycles. The second-order valence-corrected chi connectivity index (χ2v) is 4.68. The number of morpholine rings is 1. The zero-order valence-corrected chi connectivity index (χ0v) is 10.7. The standard InChI is InChI=1S/C12H22N4O/c1-11(10-16-5-7-17-8-6-16)13-9-12-3-4-15(2)14-12/h3-4,11,13H,5-10H2,1-2H3. The average Bonchev–Trinajstić information content (AvgIpc) is 2.74. The Labute approximate surface area is 103 Å². The molecule has 1 aliphatic rings. The fourth-order valence-electron chi connectivity index (χ4n) is 2.07. The number of nitrogens with one attached hydrogen (secondary N) is 1. The lowest BCUT2D eigenvalue weighted by molar-refractivity contribution is 0.0343. The summed E-state index contributed by atoms with van der Waals surface area (Å²) in [6.07, 6.45) is 1.98. The lowest BCUT2D eigenvalue weighted by atomic mass is 10.2. The summed E-state index contributed by atoms with van der Waals surface area (Å²) in [5.41, 5.74) is 1.10. The van der Waals surface area contributed by atoms with Gasteiger partial charge in [0.2, 0.25) is 0 Å². The van der Waals surface area contributed by atoms with Gasteiger partial charge in [-0.2, -0.15) is 5.10 Å². The molecular formula is C12H22N4O. The van der Waals surface area contributed by atoms with Crippen LogP contribution in [0.1, 0.15) is 12.6 Å². The molecule has 1 aliphatic heterocycles. The van der Waals surface area contributed by atoms with Crippen LogP contribution in [0.3, 0.4) is 0 Å². The summed E-state index contributed by atoms with van der Waals surface area (Å²) in [7, 11) is 1.95. The third kappa shape index (κ3) is 4.11. The summed E-state index contributed by atoms with van der Waals surface area (Å²) in [5.74, 6) is 0. The van der Waals surface area contributed by atoms with Gasteiger partial charge in [-0.15, -0.1) is 0 Å². The summed E-state index contributed by atoms with van der Waals surface area (Å²) in [4.78, 5) is 2.44. The number of hydrogen-bond acceptors (Lipinski definition) is 4. The molecule has 2 rings (SSSR count). The summed E-state index contributed by atoms with van der Waals surface area (Å²) in [6, 6.07) is 2.53. The Balaban J connectivity index is 1.68. The average molecular weight is 238 g/mol. The predicted molar refractivity (Wildman–Crippen MR) is 66.8 cm³/mol.